The van der Waals surface area contributed by atoms with Crippen molar-refractivity contribution in [1.29, 1.82) is 0 Å². The van der Waals surface area contributed by atoms with E-state index in [-0.39, 0.29) is 11.9 Å². The molecule has 4 heteroatoms. The van der Waals surface area contributed by atoms with Gasteiger partial charge in [0.1, 0.15) is 5.82 Å². The van der Waals surface area contributed by atoms with Crippen LogP contribution in [0.5, 0.6) is 0 Å². The van der Waals surface area contributed by atoms with Crippen molar-refractivity contribution in [2.75, 3.05) is 18.0 Å². The predicted octanol–water partition coefficient (Wildman–Crippen LogP) is 4.11. The molecule has 0 aliphatic heterocycles. The molecule has 0 heterocycles. The van der Waals surface area contributed by atoms with E-state index in [9.17, 15) is 4.39 Å². The summed E-state index contributed by atoms with van der Waals surface area (Å²) < 4.78 is 14.0. The number of hydrogen-bond acceptors (Lipinski definition) is 2. The number of benzene rings is 2. The van der Waals surface area contributed by atoms with Crippen LogP contribution < -0.4 is 10.6 Å². The summed E-state index contributed by atoms with van der Waals surface area (Å²) in [5.74, 6) is -0.251. The first kappa shape index (κ1) is 15.0. The Kier molecular flexibility index (Phi) is 5.15. The van der Waals surface area contributed by atoms with E-state index in [4.69, 9.17) is 5.73 Å². The van der Waals surface area contributed by atoms with Crippen LogP contribution in [0.15, 0.2) is 53.0 Å². The second-order valence-electron chi connectivity index (χ2n) is 4.54. The lowest BCUT2D eigenvalue weighted by molar-refractivity contribution is 0.615. The molecule has 0 fully saturated rings. The molecule has 0 amide bonds. The van der Waals surface area contributed by atoms with E-state index in [1.165, 1.54) is 12.1 Å². The number of nitrogens with zero attached hydrogens (tertiary/aromatic N) is 1. The smallest absolute Gasteiger partial charge is 0.124 e. The fourth-order valence-corrected chi connectivity index (χ4v) is 3.01. The highest BCUT2D eigenvalue weighted by atomic mass is 79.9. The molecule has 1 unspecified atom stereocenters. The molecule has 0 aliphatic rings. The van der Waals surface area contributed by atoms with E-state index < -0.39 is 0 Å². The molecule has 0 saturated carbocycles. The van der Waals surface area contributed by atoms with Gasteiger partial charge in [-0.05, 0) is 36.8 Å². The summed E-state index contributed by atoms with van der Waals surface area (Å²) in [6, 6.07) is 14.9. The largest absolute Gasteiger partial charge is 0.363 e. The Labute approximate surface area is 127 Å². The van der Waals surface area contributed by atoms with Gasteiger partial charge < -0.3 is 10.6 Å². The molecule has 2 aromatic carbocycles. The number of likely N-dealkylation sites (N-methyl/N-ethyl adjacent to an activating group) is 1. The molecule has 0 saturated heterocycles. The first-order chi connectivity index (χ1) is 9.67. The van der Waals surface area contributed by atoms with E-state index >= 15 is 0 Å². The fraction of sp³-hybridized carbons (Fsp3) is 0.250. The minimum Gasteiger partial charge on any atom is -0.363 e. The molecule has 0 spiro atoms. The van der Waals surface area contributed by atoms with Crippen LogP contribution >= 0.6 is 15.9 Å². The topological polar surface area (TPSA) is 29.3 Å². The van der Waals surface area contributed by atoms with Crippen molar-refractivity contribution in [3.63, 3.8) is 0 Å². The van der Waals surface area contributed by atoms with Crippen molar-refractivity contribution >= 4 is 21.6 Å². The normalized spacial score (nSPS) is 12.2. The highest BCUT2D eigenvalue weighted by Crippen LogP contribution is 2.31. The lowest BCUT2D eigenvalue weighted by atomic mass is 10.0. The molecule has 106 valence electrons. The van der Waals surface area contributed by atoms with Crippen molar-refractivity contribution in [3.05, 3.63) is 64.4 Å². The van der Waals surface area contributed by atoms with E-state index in [0.29, 0.717) is 6.54 Å². The second kappa shape index (κ2) is 6.86. The third kappa shape index (κ3) is 3.19. The van der Waals surface area contributed by atoms with Gasteiger partial charge in [-0.15, -0.1) is 0 Å². The summed E-state index contributed by atoms with van der Waals surface area (Å²) in [4.78, 5) is 2.22. The summed E-state index contributed by atoms with van der Waals surface area (Å²) in [6.45, 7) is 3.38. The Balaban J connectivity index is 2.39. The average Bonchev–Trinajstić information content (AvgIpc) is 2.46. The highest BCUT2D eigenvalue weighted by Gasteiger charge is 2.20. The number of rotatable bonds is 5. The van der Waals surface area contributed by atoms with Crippen molar-refractivity contribution < 1.29 is 4.39 Å². The predicted molar refractivity (Wildman–Crippen MR) is 85.4 cm³/mol. The minimum atomic E-state index is -0.251. The monoisotopic (exact) mass is 336 g/mol. The Morgan fingerprint density at radius 1 is 1.20 bits per heavy atom. The fourth-order valence-electron chi connectivity index (χ4n) is 2.40. The molecule has 2 nitrogen and oxygen atoms in total. The van der Waals surface area contributed by atoms with Crippen LogP contribution in [-0.4, -0.2) is 13.1 Å². The van der Waals surface area contributed by atoms with Gasteiger partial charge in [0.15, 0.2) is 0 Å². The third-order valence-electron chi connectivity index (χ3n) is 3.35. The van der Waals surface area contributed by atoms with Gasteiger partial charge in [0.05, 0.1) is 6.04 Å². The molecule has 20 heavy (non-hydrogen) atoms. The van der Waals surface area contributed by atoms with E-state index in [2.05, 4.69) is 39.9 Å². The average molecular weight is 337 g/mol. The van der Waals surface area contributed by atoms with Crippen LogP contribution in [0.1, 0.15) is 18.5 Å². The van der Waals surface area contributed by atoms with Crippen LogP contribution in [-0.2, 0) is 0 Å². The lowest BCUT2D eigenvalue weighted by Crippen LogP contribution is -2.34. The van der Waals surface area contributed by atoms with Gasteiger partial charge in [-0.25, -0.2) is 4.39 Å². The van der Waals surface area contributed by atoms with Gasteiger partial charge in [-0.3, -0.25) is 0 Å². The van der Waals surface area contributed by atoms with Crippen LogP contribution in [0, 0.1) is 5.82 Å². The van der Waals surface area contributed by atoms with Crippen molar-refractivity contribution in [1.82, 2.24) is 0 Å². The molecule has 2 rings (SSSR count). The standard InChI is InChI=1S/C16H18BrFN2/c1-2-20(13-6-4-3-5-7-13)16(11-19)14-9-8-12(18)10-15(14)17/h3-10,16H,2,11,19H2,1H3. The maximum absolute atomic E-state index is 13.2. The lowest BCUT2D eigenvalue weighted by Gasteiger charge is -2.33. The molecule has 0 aliphatic carbocycles. The minimum absolute atomic E-state index is 0.0115. The molecule has 2 aromatic rings. The zero-order valence-electron chi connectivity index (χ0n) is 11.4. The van der Waals surface area contributed by atoms with Gasteiger partial charge in [0.2, 0.25) is 0 Å². The Hall–Kier alpha value is -1.39. The molecule has 0 radical (unpaired) electrons. The van der Waals surface area contributed by atoms with Crippen molar-refractivity contribution in [2.24, 2.45) is 5.73 Å². The molecule has 0 bridgehead atoms. The number of halogens is 2. The van der Waals surface area contributed by atoms with Gasteiger partial charge in [0.25, 0.3) is 0 Å². The van der Waals surface area contributed by atoms with E-state index in [1.807, 2.05) is 18.2 Å². The molecule has 2 N–H and O–H groups in total. The Bertz CT molecular complexity index is 560. The summed E-state index contributed by atoms with van der Waals surface area (Å²) >= 11 is 3.44. The number of anilines is 1. The highest BCUT2D eigenvalue weighted by molar-refractivity contribution is 9.10. The summed E-state index contributed by atoms with van der Waals surface area (Å²) in [7, 11) is 0. The zero-order chi connectivity index (χ0) is 14.5. The molecular formula is C16H18BrFN2. The van der Waals surface area contributed by atoms with E-state index in [0.717, 1.165) is 22.3 Å². The third-order valence-corrected chi connectivity index (χ3v) is 4.04. The van der Waals surface area contributed by atoms with Crippen molar-refractivity contribution in [3.8, 4) is 0 Å². The SMILES string of the molecule is CCN(c1ccccc1)C(CN)c1ccc(F)cc1Br. The van der Waals surface area contributed by atoms with Gasteiger partial charge >= 0.3 is 0 Å². The zero-order valence-corrected chi connectivity index (χ0v) is 13.0. The van der Waals surface area contributed by atoms with E-state index in [1.54, 1.807) is 6.07 Å². The summed E-state index contributed by atoms with van der Waals surface area (Å²) in [5.41, 5.74) is 8.08. The quantitative estimate of drug-likeness (QED) is 0.889. The number of para-hydroxylation sites is 1. The summed E-state index contributed by atoms with van der Waals surface area (Å²) in [5, 5.41) is 0. The maximum Gasteiger partial charge on any atom is 0.124 e. The Morgan fingerprint density at radius 2 is 1.90 bits per heavy atom. The van der Waals surface area contributed by atoms with Gasteiger partial charge in [0, 0.05) is 23.2 Å². The second-order valence-corrected chi connectivity index (χ2v) is 5.39. The molecule has 0 aromatic heterocycles. The van der Waals surface area contributed by atoms with Crippen LogP contribution in [0.4, 0.5) is 10.1 Å². The van der Waals surface area contributed by atoms with Gasteiger partial charge in [-0.2, -0.15) is 0 Å². The molecule has 1 atom stereocenters. The Morgan fingerprint density at radius 3 is 2.45 bits per heavy atom. The maximum atomic E-state index is 13.2. The van der Waals surface area contributed by atoms with Crippen LogP contribution in [0.25, 0.3) is 0 Å². The summed E-state index contributed by atoms with van der Waals surface area (Å²) in [6.07, 6.45) is 0. The number of hydrogen-bond donors (Lipinski definition) is 1. The van der Waals surface area contributed by atoms with Gasteiger partial charge in [-0.1, -0.05) is 40.2 Å². The number of nitrogens with two attached hydrogens (primary N) is 1. The van der Waals surface area contributed by atoms with Crippen LogP contribution in [0.3, 0.4) is 0 Å². The van der Waals surface area contributed by atoms with Crippen molar-refractivity contribution in [2.45, 2.75) is 13.0 Å². The molecular weight excluding hydrogens is 319 g/mol. The van der Waals surface area contributed by atoms with Crippen LogP contribution in [0.2, 0.25) is 0 Å². The first-order valence-electron chi connectivity index (χ1n) is 6.64. The first-order valence-corrected chi connectivity index (χ1v) is 7.43.